The number of rotatable bonds is 4. The molecule has 0 aliphatic rings. The lowest BCUT2D eigenvalue weighted by molar-refractivity contribution is -0.0429. The number of hydrogen-bond donors (Lipinski definition) is 1. The van der Waals surface area contributed by atoms with Crippen molar-refractivity contribution in [3.8, 4) is 11.5 Å². The van der Waals surface area contributed by atoms with E-state index in [0.29, 0.717) is 0 Å². The average Bonchev–Trinajstić information content (AvgIpc) is 2.40. The zero-order chi connectivity index (χ0) is 17.3. The Morgan fingerprint density at radius 1 is 1.09 bits per heavy atom. The molecule has 0 fully saturated rings. The summed E-state index contributed by atoms with van der Waals surface area (Å²) in [6, 6.07) is 8.04. The third-order valence-corrected chi connectivity index (χ3v) is 3.85. The minimum Gasteiger partial charge on any atom is -0.455 e. The van der Waals surface area contributed by atoms with Crippen molar-refractivity contribution in [1.29, 1.82) is 0 Å². The van der Waals surface area contributed by atoms with Crippen LogP contribution < -0.4 is 9.46 Å². The number of halogens is 5. The zero-order valence-electron chi connectivity index (χ0n) is 11.1. The topological polar surface area (TPSA) is 55.4 Å². The van der Waals surface area contributed by atoms with E-state index in [0.717, 1.165) is 24.3 Å². The molecule has 0 saturated heterocycles. The van der Waals surface area contributed by atoms with E-state index in [1.807, 2.05) is 0 Å². The summed E-state index contributed by atoms with van der Waals surface area (Å²) in [6.07, 6.45) is 0. The Hall–Kier alpha value is -2.00. The van der Waals surface area contributed by atoms with Gasteiger partial charge in [-0.05, 0) is 24.3 Å². The van der Waals surface area contributed by atoms with E-state index in [1.54, 1.807) is 0 Å². The van der Waals surface area contributed by atoms with E-state index in [1.165, 1.54) is 22.9 Å². The Balaban J connectivity index is 2.39. The van der Waals surface area contributed by atoms with Crippen molar-refractivity contribution in [2.75, 3.05) is 4.72 Å². The first-order chi connectivity index (χ1) is 10.6. The Morgan fingerprint density at radius 3 is 2.39 bits per heavy atom. The Kier molecular flexibility index (Phi) is 4.71. The molecule has 0 aliphatic carbocycles. The van der Waals surface area contributed by atoms with Crippen LogP contribution in [0.5, 0.6) is 11.5 Å². The van der Waals surface area contributed by atoms with Gasteiger partial charge in [-0.15, -0.1) is 0 Å². The lowest BCUT2D eigenvalue weighted by Crippen LogP contribution is -2.30. The van der Waals surface area contributed by atoms with Crippen molar-refractivity contribution in [3.63, 3.8) is 0 Å². The predicted octanol–water partition coefficient (Wildman–Crippen LogP) is 4.53. The van der Waals surface area contributed by atoms with Crippen LogP contribution in [0.15, 0.2) is 42.5 Å². The van der Waals surface area contributed by atoms with E-state index in [4.69, 9.17) is 16.3 Å². The number of benzene rings is 2. The van der Waals surface area contributed by atoms with Crippen molar-refractivity contribution in [2.45, 2.75) is 5.51 Å². The summed E-state index contributed by atoms with van der Waals surface area (Å²) >= 11 is 5.72. The molecule has 0 saturated carbocycles. The molecular weight excluding hydrogens is 362 g/mol. The number of alkyl halides is 3. The van der Waals surface area contributed by atoms with Crippen LogP contribution in [0.1, 0.15) is 0 Å². The summed E-state index contributed by atoms with van der Waals surface area (Å²) in [5.74, 6) is -0.988. The molecule has 2 aromatic rings. The first kappa shape index (κ1) is 17.4. The van der Waals surface area contributed by atoms with Crippen LogP contribution in [0.4, 0.5) is 23.2 Å². The average molecular weight is 370 g/mol. The van der Waals surface area contributed by atoms with Gasteiger partial charge in [0.05, 0.1) is 5.69 Å². The molecule has 10 heteroatoms. The molecule has 0 atom stereocenters. The first-order valence-electron chi connectivity index (χ1n) is 5.90. The largest absolute Gasteiger partial charge is 0.516 e. The maximum Gasteiger partial charge on any atom is 0.516 e. The highest BCUT2D eigenvalue weighted by Crippen LogP contribution is 2.35. The number of ether oxygens (including phenoxy) is 1. The van der Waals surface area contributed by atoms with E-state index in [2.05, 4.69) is 0 Å². The van der Waals surface area contributed by atoms with Crippen LogP contribution in [0.3, 0.4) is 0 Å². The molecule has 124 valence electrons. The lowest BCUT2D eigenvalue weighted by Gasteiger charge is -2.15. The Morgan fingerprint density at radius 2 is 1.78 bits per heavy atom. The number of nitrogens with one attached hydrogen (secondary N) is 1. The number of sulfonamides is 1. The fraction of sp³-hybridized carbons (Fsp3) is 0.0769. The van der Waals surface area contributed by atoms with Gasteiger partial charge < -0.3 is 4.74 Å². The summed E-state index contributed by atoms with van der Waals surface area (Å²) < 4.78 is 79.4. The van der Waals surface area contributed by atoms with Gasteiger partial charge in [-0.2, -0.15) is 21.6 Å². The van der Waals surface area contributed by atoms with Crippen molar-refractivity contribution < 1.29 is 30.7 Å². The van der Waals surface area contributed by atoms with Gasteiger partial charge in [0.2, 0.25) is 0 Å². The Labute approximate surface area is 133 Å². The van der Waals surface area contributed by atoms with Gasteiger partial charge in [-0.25, -0.2) is 4.39 Å². The lowest BCUT2D eigenvalue weighted by atomic mass is 10.3. The molecule has 2 aromatic carbocycles. The monoisotopic (exact) mass is 369 g/mol. The van der Waals surface area contributed by atoms with Gasteiger partial charge >= 0.3 is 15.5 Å². The van der Waals surface area contributed by atoms with E-state index >= 15 is 0 Å². The Bertz CT molecular complexity index is 824. The molecule has 4 nitrogen and oxygen atoms in total. The van der Waals surface area contributed by atoms with Gasteiger partial charge in [-0.1, -0.05) is 17.7 Å². The highest BCUT2D eigenvalue weighted by atomic mass is 35.5. The molecule has 0 amide bonds. The van der Waals surface area contributed by atoms with Crippen LogP contribution in [-0.4, -0.2) is 13.9 Å². The van der Waals surface area contributed by atoms with Gasteiger partial charge in [0.1, 0.15) is 11.6 Å². The third-order valence-electron chi connectivity index (χ3n) is 2.52. The molecule has 0 radical (unpaired) electrons. The van der Waals surface area contributed by atoms with Gasteiger partial charge in [-0.3, -0.25) is 4.72 Å². The van der Waals surface area contributed by atoms with Gasteiger partial charge in [0.15, 0.2) is 5.75 Å². The van der Waals surface area contributed by atoms with Crippen LogP contribution in [0.2, 0.25) is 5.02 Å². The third kappa shape index (κ3) is 4.26. The van der Waals surface area contributed by atoms with Gasteiger partial charge in [0.25, 0.3) is 0 Å². The van der Waals surface area contributed by atoms with Crippen LogP contribution in [0.25, 0.3) is 0 Å². The maximum absolute atomic E-state index is 13.1. The molecule has 23 heavy (non-hydrogen) atoms. The minimum atomic E-state index is -5.63. The van der Waals surface area contributed by atoms with Crippen molar-refractivity contribution in [3.05, 3.63) is 53.3 Å². The standard InChI is InChI=1S/C13H8ClF4NO3S/c14-8-4-5-11(19-23(20,21)13(16,17)18)12(6-8)22-10-3-1-2-9(15)7-10/h1-7,19H. The second-order valence-corrected chi connectivity index (χ2v) is 6.36. The van der Waals surface area contributed by atoms with E-state index in [9.17, 15) is 26.0 Å². The first-order valence-corrected chi connectivity index (χ1v) is 7.77. The number of anilines is 1. The number of hydrogen-bond acceptors (Lipinski definition) is 3. The summed E-state index contributed by atoms with van der Waals surface area (Å²) in [7, 11) is -5.63. The molecule has 0 bridgehead atoms. The van der Waals surface area contributed by atoms with Crippen molar-refractivity contribution >= 4 is 27.3 Å². The molecular formula is C13H8ClF4NO3S. The highest BCUT2D eigenvalue weighted by molar-refractivity contribution is 7.93. The fourth-order valence-electron chi connectivity index (χ4n) is 1.53. The predicted molar refractivity (Wildman–Crippen MR) is 76.5 cm³/mol. The second-order valence-electron chi connectivity index (χ2n) is 4.25. The molecule has 0 spiro atoms. The van der Waals surface area contributed by atoms with Crippen molar-refractivity contribution in [2.24, 2.45) is 0 Å². The molecule has 1 N–H and O–H groups in total. The molecule has 0 unspecified atom stereocenters. The van der Waals surface area contributed by atoms with E-state index < -0.39 is 27.0 Å². The quantitative estimate of drug-likeness (QED) is 0.805. The summed E-state index contributed by atoms with van der Waals surface area (Å²) in [4.78, 5) is 0. The molecule has 2 rings (SSSR count). The van der Waals surface area contributed by atoms with Gasteiger partial charge in [0, 0.05) is 17.2 Å². The van der Waals surface area contributed by atoms with Crippen LogP contribution in [-0.2, 0) is 10.0 Å². The fourth-order valence-corrected chi connectivity index (χ4v) is 2.26. The van der Waals surface area contributed by atoms with Crippen molar-refractivity contribution in [1.82, 2.24) is 0 Å². The SMILES string of the molecule is O=S(=O)(Nc1ccc(Cl)cc1Oc1cccc(F)c1)C(F)(F)F. The summed E-state index contributed by atoms with van der Waals surface area (Å²) in [6.45, 7) is 0. The normalized spacial score (nSPS) is 12.0. The van der Waals surface area contributed by atoms with Crippen LogP contribution >= 0.6 is 11.6 Å². The highest BCUT2D eigenvalue weighted by Gasteiger charge is 2.46. The smallest absolute Gasteiger partial charge is 0.455 e. The summed E-state index contributed by atoms with van der Waals surface area (Å²) in [5.41, 5.74) is -5.99. The molecule has 0 aliphatic heterocycles. The minimum absolute atomic E-state index is 0.0419. The second kappa shape index (κ2) is 6.25. The maximum atomic E-state index is 13.1. The molecule has 0 aromatic heterocycles. The molecule has 0 heterocycles. The summed E-state index contributed by atoms with van der Waals surface area (Å²) in [5, 5.41) is 0.0892. The zero-order valence-corrected chi connectivity index (χ0v) is 12.6. The van der Waals surface area contributed by atoms with E-state index in [-0.39, 0.29) is 16.5 Å². The van der Waals surface area contributed by atoms with Crippen LogP contribution in [0, 0.1) is 5.82 Å².